The molecule has 0 fully saturated rings. The van der Waals surface area contributed by atoms with Crippen LogP contribution in [0, 0.1) is 0 Å². The second-order valence-corrected chi connectivity index (χ2v) is 8.29. The smallest absolute Gasteiger partial charge is 0.409 e. The van der Waals surface area contributed by atoms with E-state index >= 15 is 0 Å². The summed E-state index contributed by atoms with van der Waals surface area (Å²) in [7, 11) is 1.48. The van der Waals surface area contributed by atoms with Crippen molar-refractivity contribution in [2.24, 2.45) is 0 Å². The molecule has 3 amide bonds. The maximum atomic E-state index is 14.0. The van der Waals surface area contributed by atoms with Crippen LogP contribution in [0.4, 0.5) is 39.7 Å². The highest BCUT2D eigenvalue weighted by atomic mass is 32.1. The number of nitrogens with one attached hydrogen (secondary N) is 4. The standard InChI is InChI=1S/C21H18F4N6O4S/c1-26-19(33)31-16-6-11(4-5-27-16)9-28-18-15(36-10-29-18)8-17(32)30-12-2-3-14-13(7-12)20(22,23)35-21(24,25)34-14/h2-7,10,28H,8-9H2,1H3,(H,30,32)(H2,26,27,31,33). The molecule has 3 aromatic rings. The molecular weight excluding hydrogens is 508 g/mol. The Labute approximate surface area is 205 Å². The highest BCUT2D eigenvalue weighted by Crippen LogP contribution is 2.46. The molecule has 0 unspecified atom stereocenters. The van der Waals surface area contributed by atoms with E-state index in [1.54, 1.807) is 12.1 Å². The summed E-state index contributed by atoms with van der Waals surface area (Å²) < 4.78 is 61.8. The monoisotopic (exact) mass is 526 g/mol. The Morgan fingerprint density at radius 1 is 1.08 bits per heavy atom. The number of rotatable bonds is 7. The Kier molecular flexibility index (Phi) is 6.94. The number of benzene rings is 1. The lowest BCUT2D eigenvalue weighted by Gasteiger charge is -2.30. The summed E-state index contributed by atoms with van der Waals surface area (Å²) in [6.07, 6.45) is -7.40. The number of hydrogen-bond donors (Lipinski definition) is 4. The third kappa shape index (κ3) is 5.98. The van der Waals surface area contributed by atoms with Gasteiger partial charge in [-0.2, -0.15) is 8.78 Å². The van der Waals surface area contributed by atoms with Gasteiger partial charge in [0.1, 0.15) is 17.4 Å². The second kappa shape index (κ2) is 9.94. The van der Waals surface area contributed by atoms with Crippen LogP contribution in [0.5, 0.6) is 5.75 Å². The van der Waals surface area contributed by atoms with Crippen LogP contribution in [0.25, 0.3) is 0 Å². The summed E-state index contributed by atoms with van der Waals surface area (Å²) >= 11 is 1.21. The number of carbonyl (C=O) groups excluding carboxylic acids is 2. The van der Waals surface area contributed by atoms with Gasteiger partial charge >= 0.3 is 18.4 Å². The van der Waals surface area contributed by atoms with Crippen molar-refractivity contribution in [1.29, 1.82) is 0 Å². The Morgan fingerprint density at radius 3 is 2.67 bits per heavy atom. The topological polar surface area (TPSA) is 127 Å². The van der Waals surface area contributed by atoms with E-state index in [2.05, 4.69) is 40.7 Å². The molecule has 0 aliphatic carbocycles. The van der Waals surface area contributed by atoms with E-state index in [4.69, 9.17) is 0 Å². The SMILES string of the molecule is CNC(=O)Nc1cc(CNc2ncsc2CC(=O)Nc2ccc3c(c2)C(F)(F)OC(F)(F)O3)ccn1. The third-order valence-electron chi connectivity index (χ3n) is 4.77. The zero-order chi connectivity index (χ0) is 25.9. The number of aromatic nitrogens is 2. The lowest BCUT2D eigenvalue weighted by molar-refractivity contribution is -0.461. The van der Waals surface area contributed by atoms with Gasteiger partial charge in [0, 0.05) is 25.5 Å². The minimum Gasteiger partial charge on any atom is -0.409 e. The van der Waals surface area contributed by atoms with Gasteiger partial charge in [-0.05, 0) is 35.9 Å². The van der Waals surface area contributed by atoms with Crippen molar-refractivity contribution >= 4 is 40.6 Å². The fourth-order valence-corrected chi connectivity index (χ4v) is 3.92. The van der Waals surface area contributed by atoms with E-state index in [-0.39, 0.29) is 12.1 Å². The number of halogens is 4. The predicted molar refractivity (Wildman–Crippen MR) is 121 cm³/mol. The molecule has 190 valence electrons. The summed E-state index contributed by atoms with van der Waals surface area (Å²) in [6.45, 7) is 0.313. The zero-order valence-electron chi connectivity index (χ0n) is 18.4. The largest absolute Gasteiger partial charge is 0.540 e. The molecule has 0 saturated heterocycles. The van der Waals surface area contributed by atoms with Gasteiger partial charge < -0.3 is 20.7 Å². The molecule has 36 heavy (non-hydrogen) atoms. The van der Waals surface area contributed by atoms with E-state index in [0.29, 0.717) is 23.1 Å². The molecule has 1 aliphatic heterocycles. The Balaban J connectivity index is 1.38. The summed E-state index contributed by atoms with van der Waals surface area (Å²) in [4.78, 5) is 32.8. The number of thiazole rings is 1. The quantitative estimate of drug-likeness (QED) is 0.342. The molecule has 1 aliphatic rings. The number of ether oxygens (including phenoxy) is 2. The molecule has 0 atom stereocenters. The van der Waals surface area contributed by atoms with Crippen molar-refractivity contribution in [3.05, 3.63) is 58.0 Å². The molecular formula is C21H18F4N6O4S. The van der Waals surface area contributed by atoms with Crippen LogP contribution < -0.4 is 26.0 Å². The Hall–Kier alpha value is -3.98. The summed E-state index contributed by atoms with van der Waals surface area (Å²) in [5, 5.41) is 10.5. The number of carbonyl (C=O) groups is 2. The first-order chi connectivity index (χ1) is 17.0. The number of alkyl halides is 4. The lowest BCUT2D eigenvalue weighted by atomic mass is 10.1. The van der Waals surface area contributed by atoms with Crippen molar-refractivity contribution in [2.45, 2.75) is 25.4 Å². The van der Waals surface area contributed by atoms with Crippen LogP contribution in [0.2, 0.25) is 0 Å². The first-order valence-electron chi connectivity index (χ1n) is 10.2. The molecule has 15 heteroatoms. The van der Waals surface area contributed by atoms with Crippen LogP contribution in [0.15, 0.2) is 42.0 Å². The first kappa shape index (κ1) is 25.1. The molecule has 2 aromatic heterocycles. The van der Waals surface area contributed by atoms with Crippen LogP contribution in [0.3, 0.4) is 0 Å². The van der Waals surface area contributed by atoms with Crippen molar-refractivity contribution in [2.75, 3.05) is 23.0 Å². The molecule has 0 saturated carbocycles. The number of hydrogen-bond acceptors (Lipinski definition) is 8. The van der Waals surface area contributed by atoms with Gasteiger partial charge in [-0.1, -0.05) is 0 Å². The third-order valence-corrected chi connectivity index (χ3v) is 5.60. The predicted octanol–water partition coefficient (Wildman–Crippen LogP) is 4.09. The normalized spacial score (nSPS) is 15.2. The Bertz CT molecular complexity index is 1290. The average molecular weight is 526 g/mol. The molecule has 0 bridgehead atoms. The molecule has 0 spiro atoms. The molecule has 4 N–H and O–H groups in total. The van der Waals surface area contributed by atoms with Gasteiger partial charge in [0.2, 0.25) is 5.91 Å². The highest BCUT2D eigenvalue weighted by Gasteiger charge is 2.54. The molecule has 10 nitrogen and oxygen atoms in total. The van der Waals surface area contributed by atoms with E-state index in [9.17, 15) is 27.2 Å². The summed E-state index contributed by atoms with van der Waals surface area (Å²) in [5.41, 5.74) is 1.33. The van der Waals surface area contributed by atoms with Crippen molar-refractivity contribution in [3.63, 3.8) is 0 Å². The van der Waals surface area contributed by atoms with E-state index in [0.717, 1.165) is 23.8 Å². The van der Waals surface area contributed by atoms with Crippen LogP contribution in [0.1, 0.15) is 16.0 Å². The van der Waals surface area contributed by atoms with E-state index in [1.165, 1.54) is 30.1 Å². The fraction of sp³-hybridized carbons (Fsp3) is 0.238. The van der Waals surface area contributed by atoms with Crippen molar-refractivity contribution < 1.29 is 36.6 Å². The second-order valence-electron chi connectivity index (χ2n) is 7.35. The molecule has 4 rings (SSSR count). The fourth-order valence-electron chi connectivity index (χ4n) is 3.19. The van der Waals surface area contributed by atoms with Gasteiger partial charge in [-0.15, -0.1) is 20.1 Å². The number of nitrogens with zero attached hydrogens (tertiary/aromatic N) is 2. The highest BCUT2D eigenvalue weighted by molar-refractivity contribution is 7.10. The minimum atomic E-state index is -4.48. The molecule has 3 heterocycles. The maximum absolute atomic E-state index is 14.0. The minimum absolute atomic E-state index is 0.0530. The first-order valence-corrected chi connectivity index (χ1v) is 11.1. The van der Waals surface area contributed by atoms with Crippen molar-refractivity contribution in [1.82, 2.24) is 15.3 Å². The summed E-state index contributed by atoms with van der Waals surface area (Å²) in [6, 6.07) is 5.85. The van der Waals surface area contributed by atoms with E-state index in [1.807, 2.05) is 0 Å². The number of amides is 3. The average Bonchev–Trinajstić information content (AvgIpc) is 3.24. The number of pyridine rings is 1. The van der Waals surface area contributed by atoms with Crippen molar-refractivity contribution in [3.8, 4) is 5.75 Å². The zero-order valence-corrected chi connectivity index (χ0v) is 19.2. The van der Waals surface area contributed by atoms with Gasteiger partial charge in [0.15, 0.2) is 0 Å². The maximum Gasteiger partial charge on any atom is 0.540 e. The lowest BCUT2D eigenvalue weighted by Crippen LogP contribution is -2.41. The van der Waals surface area contributed by atoms with Gasteiger partial charge in [0.05, 0.1) is 22.4 Å². The van der Waals surface area contributed by atoms with Crippen LogP contribution in [-0.2, 0) is 28.6 Å². The number of fused-ring (bicyclic) bond motifs is 1. The van der Waals surface area contributed by atoms with Crippen LogP contribution in [-0.4, -0.2) is 35.2 Å². The molecule has 0 radical (unpaired) electrons. The summed E-state index contributed by atoms with van der Waals surface area (Å²) in [5.74, 6) is -0.516. The Morgan fingerprint density at radius 2 is 1.89 bits per heavy atom. The van der Waals surface area contributed by atoms with Crippen LogP contribution >= 0.6 is 11.3 Å². The van der Waals surface area contributed by atoms with Gasteiger partial charge in [-0.25, -0.2) is 19.5 Å². The van der Waals surface area contributed by atoms with E-state index < -0.39 is 35.7 Å². The number of anilines is 3. The number of urea groups is 1. The molecule has 1 aromatic carbocycles. The van der Waals surface area contributed by atoms with Gasteiger partial charge in [0.25, 0.3) is 0 Å². The van der Waals surface area contributed by atoms with Gasteiger partial charge in [-0.3, -0.25) is 10.1 Å².